The molecule has 1 fully saturated rings. The van der Waals surface area contributed by atoms with E-state index in [9.17, 15) is 9.59 Å². The largest absolute Gasteiger partial charge is 0.463 e. The average Bonchev–Trinajstić information content (AvgIpc) is 3.28. The molecule has 1 saturated carbocycles. The van der Waals surface area contributed by atoms with Gasteiger partial charge in [0.1, 0.15) is 12.4 Å². The summed E-state index contributed by atoms with van der Waals surface area (Å²) in [5.41, 5.74) is 2.06. The topological polar surface area (TPSA) is 83.6 Å². The van der Waals surface area contributed by atoms with E-state index in [4.69, 9.17) is 9.15 Å². The fourth-order valence-corrected chi connectivity index (χ4v) is 2.77. The van der Waals surface area contributed by atoms with Crippen LogP contribution < -0.4 is 0 Å². The van der Waals surface area contributed by atoms with Crippen LogP contribution >= 0.6 is 0 Å². The quantitative estimate of drug-likeness (QED) is 0.621. The van der Waals surface area contributed by atoms with Gasteiger partial charge < -0.3 is 13.9 Å². The first-order chi connectivity index (χ1) is 13.2. The molecule has 4 rings (SSSR count). The van der Waals surface area contributed by atoms with Crippen LogP contribution in [0.1, 0.15) is 51.3 Å². The van der Waals surface area contributed by atoms with Gasteiger partial charge in [0.05, 0.1) is 18.5 Å². The van der Waals surface area contributed by atoms with Gasteiger partial charge in [-0.1, -0.05) is 18.2 Å². The normalized spacial score (nSPS) is 13.4. The molecule has 1 aliphatic rings. The van der Waals surface area contributed by atoms with Gasteiger partial charge >= 0.3 is 11.9 Å². The molecule has 0 bridgehead atoms. The summed E-state index contributed by atoms with van der Waals surface area (Å²) < 4.78 is 16.9. The summed E-state index contributed by atoms with van der Waals surface area (Å²) in [5, 5.41) is 4.59. The SMILES string of the molecule is COC(=O)c1ccc(COC(=O)c2cc(C3CC3)nn2-c2ccccc2)o1. The Morgan fingerprint density at radius 3 is 2.63 bits per heavy atom. The standard InChI is InChI=1S/C20H18N2O5/c1-25-20(24)18-10-9-15(27-18)12-26-19(23)17-11-16(13-7-8-13)21-22(17)14-5-3-2-4-6-14/h2-6,9-11,13H,7-8,12H2,1H3. The maximum atomic E-state index is 12.6. The van der Waals surface area contributed by atoms with Gasteiger partial charge in [-0.15, -0.1) is 0 Å². The number of aromatic nitrogens is 2. The Morgan fingerprint density at radius 2 is 1.93 bits per heavy atom. The van der Waals surface area contributed by atoms with Gasteiger partial charge in [0, 0.05) is 5.92 Å². The van der Waals surface area contributed by atoms with E-state index in [1.54, 1.807) is 16.8 Å². The minimum Gasteiger partial charge on any atom is -0.463 e. The lowest BCUT2D eigenvalue weighted by Gasteiger charge is -2.07. The number of ether oxygens (including phenoxy) is 2. The van der Waals surface area contributed by atoms with Crippen LogP contribution in [-0.4, -0.2) is 28.8 Å². The number of para-hydroxylation sites is 1. The van der Waals surface area contributed by atoms with Crippen LogP contribution in [0.4, 0.5) is 0 Å². The number of esters is 2. The van der Waals surface area contributed by atoms with Crippen LogP contribution in [0.3, 0.4) is 0 Å². The fraction of sp³-hybridized carbons (Fsp3) is 0.250. The van der Waals surface area contributed by atoms with Crippen LogP contribution in [0.15, 0.2) is 52.9 Å². The van der Waals surface area contributed by atoms with Crippen molar-refractivity contribution < 1.29 is 23.5 Å². The molecule has 0 N–H and O–H groups in total. The van der Waals surface area contributed by atoms with Crippen molar-refractivity contribution in [2.75, 3.05) is 7.11 Å². The number of furan rings is 1. The highest BCUT2D eigenvalue weighted by atomic mass is 16.6. The van der Waals surface area contributed by atoms with Crippen molar-refractivity contribution in [3.05, 3.63) is 71.4 Å². The number of benzene rings is 1. The first-order valence-corrected chi connectivity index (χ1v) is 8.65. The number of hydrogen-bond donors (Lipinski definition) is 0. The molecule has 2 heterocycles. The van der Waals surface area contributed by atoms with E-state index >= 15 is 0 Å². The molecule has 7 nitrogen and oxygen atoms in total. The Kier molecular flexibility index (Phi) is 4.50. The molecule has 27 heavy (non-hydrogen) atoms. The Hall–Kier alpha value is -3.35. The molecular weight excluding hydrogens is 348 g/mol. The third-order valence-electron chi connectivity index (χ3n) is 4.33. The third kappa shape index (κ3) is 3.62. The summed E-state index contributed by atoms with van der Waals surface area (Å²) >= 11 is 0. The molecule has 7 heteroatoms. The molecule has 3 aromatic rings. The second kappa shape index (κ2) is 7.11. The van der Waals surface area contributed by atoms with Gasteiger partial charge in [0.25, 0.3) is 0 Å². The minimum absolute atomic E-state index is 0.0638. The monoisotopic (exact) mass is 366 g/mol. The van der Waals surface area contributed by atoms with E-state index in [2.05, 4.69) is 9.84 Å². The van der Waals surface area contributed by atoms with Crippen LogP contribution in [0.2, 0.25) is 0 Å². The van der Waals surface area contributed by atoms with E-state index in [0.717, 1.165) is 24.2 Å². The Balaban J connectivity index is 1.53. The molecule has 1 aliphatic carbocycles. The van der Waals surface area contributed by atoms with Crippen LogP contribution in [-0.2, 0) is 16.1 Å². The third-order valence-corrected chi connectivity index (χ3v) is 4.33. The fourth-order valence-electron chi connectivity index (χ4n) is 2.77. The van der Waals surface area contributed by atoms with Crippen LogP contribution in [0.5, 0.6) is 0 Å². The predicted octanol–water partition coefficient (Wildman–Crippen LogP) is 3.49. The van der Waals surface area contributed by atoms with Gasteiger partial charge in [-0.2, -0.15) is 5.10 Å². The lowest BCUT2D eigenvalue weighted by molar-refractivity contribution is 0.0428. The number of carbonyl (C=O) groups excluding carboxylic acids is 2. The average molecular weight is 366 g/mol. The van der Waals surface area contributed by atoms with Crippen molar-refractivity contribution in [3.63, 3.8) is 0 Å². The van der Waals surface area contributed by atoms with E-state index in [1.165, 1.54) is 13.2 Å². The van der Waals surface area contributed by atoms with Crippen molar-refractivity contribution in [2.45, 2.75) is 25.4 Å². The summed E-state index contributed by atoms with van der Waals surface area (Å²) in [6.07, 6.45) is 2.17. The Bertz CT molecular complexity index is 969. The van der Waals surface area contributed by atoms with Gasteiger partial charge in [-0.3, -0.25) is 0 Å². The summed E-state index contributed by atoms with van der Waals surface area (Å²) in [6.45, 7) is -0.0887. The maximum Gasteiger partial charge on any atom is 0.373 e. The molecule has 0 unspecified atom stereocenters. The number of nitrogens with zero attached hydrogens (tertiary/aromatic N) is 2. The van der Waals surface area contributed by atoms with E-state index in [-0.39, 0.29) is 12.4 Å². The Morgan fingerprint density at radius 1 is 1.15 bits per heavy atom. The van der Waals surface area contributed by atoms with Gasteiger partial charge in [0.2, 0.25) is 5.76 Å². The molecule has 0 amide bonds. The van der Waals surface area contributed by atoms with E-state index in [0.29, 0.717) is 17.4 Å². The zero-order valence-electron chi connectivity index (χ0n) is 14.8. The van der Waals surface area contributed by atoms with Crippen LogP contribution in [0, 0.1) is 0 Å². The summed E-state index contributed by atoms with van der Waals surface area (Å²) in [5.74, 6) is -0.252. The van der Waals surface area contributed by atoms with Crippen LogP contribution in [0.25, 0.3) is 5.69 Å². The molecular formula is C20H18N2O5. The molecule has 1 aromatic carbocycles. The van der Waals surface area contributed by atoms with E-state index in [1.807, 2.05) is 30.3 Å². The van der Waals surface area contributed by atoms with Crippen molar-refractivity contribution in [1.82, 2.24) is 9.78 Å². The second-order valence-corrected chi connectivity index (χ2v) is 6.31. The number of hydrogen-bond acceptors (Lipinski definition) is 6. The predicted molar refractivity (Wildman–Crippen MR) is 94.7 cm³/mol. The molecule has 0 radical (unpaired) electrons. The highest BCUT2D eigenvalue weighted by molar-refractivity contribution is 5.88. The molecule has 138 valence electrons. The zero-order chi connectivity index (χ0) is 18.8. The molecule has 2 aromatic heterocycles. The molecule has 0 atom stereocenters. The summed E-state index contributed by atoms with van der Waals surface area (Å²) in [7, 11) is 1.27. The zero-order valence-corrected chi connectivity index (χ0v) is 14.8. The number of rotatable bonds is 6. The molecule has 0 aliphatic heterocycles. The van der Waals surface area contributed by atoms with Crippen molar-refractivity contribution in [1.29, 1.82) is 0 Å². The lowest BCUT2D eigenvalue weighted by Crippen LogP contribution is -2.12. The number of methoxy groups -OCH3 is 1. The molecule has 0 spiro atoms. The minimum atomic E-state index is -0.580. The smallest absolute Gasteiger partial charge is 0.373 e. The van der Waals surface area contributed by atoms with Crippen molar-refractivity contribution >= 4 is 11.9 Å². The Labute approximate surface area is 155 Å². The maximum absolute atomic E-state index is 12.6. The highest BCUT2D eigenvalue weighted by Crippen LogP contribution is 2.39. The first kappa shape index (κ1) is 17.1. The van der Waals surface area contributed by atoms with Gasteiger partial charge in [0.15, 0.2) is 5.69 Å². The molecule has 0 saturated heterocycles. The summed E-state index contributed by atoms with van der Waals surface area (Å²) in [6, 6.07) is 14.3. The highest BCUT2D eigenvalue weighted by Gasteiger charge is 2.29. The lowest BCUT2D eigenvalue weighted by atomic mass is 10.2. The van der Waals surface area contributed by atoms with Gasteiger partial charge in [-0.25, -0.2) is 14.3 Å². The van der Waals surface area contributed by atoms with Gasteiger partial charge in [-0.05, 0) is 43.2 Å². The summed E-state index contributed by atoms with van der Waals surface area (Å²) in [4.78, 5) is 24.1. The van der Waals surface area contributed by atoms with E-state index < -0.39 is 11.9 Å². The van der Waals surface area contributed by atoms with Crippen molar-refractivity contribution in [2.24, 2.45) is 0 Å². The first-order valence-electron chi connectivity index (χ1n) is 8.65. The second-order valence-electron chi connectivity index (χ2n) is 6.31. The van der Waals surface area contributed by atoms with Crippen molar-refractivity contribution in [3.8, 4) is 5.69 Å². The number of carbonyl (C=O) groups is 2.